The molecule has 1 atom stereocenters. The van der Waals surface area contributed by atoms with Crippen LogP contribution in [0.15, 0.2) is 61.4 Å². The van der Waals surface area contributed by atoms with E-state index in [0.29, 0.717) is 19.5 Å². The molecule has 0 saturated heterocycles. The van der Waals surface area contributed by atoms with Gasteiger partial charge in [0.15, 0.2) is 0 Å². The number of benzene rings is 1. The molecule has 132 valence electrons. The molecule has 1 heterocycles. The van der Waals surface area contributed by atoms with E-state index in [4.69, 9.17) is 4.74 Å². The van der Waals surface area contributed by atoms with Crippen molar-refractivity contribution in [3.63, 3.8) is 0 Å². The van der Waals surface area contributed by atoms with Gasteiger partial charge in [-0.1, -0.05) is 25.1 Å². The molecule has 0 fully saturated rings. The molecule has 1 aromatic carbocycles. The highest BCUT2D eigenvalue weighted by molar-refractivity contribution is 5.84. The van der Waals surface area contributed by atoms with Crippen molar-refractivity contribution < 1.29 is 9.53 Å². The van der Waals surface area contributed by atoms with E-state index in [1.165, 1.54) is 0 Å². The van der Waals surface area contributed by atoms with E-state index in [2.05, 4.69) is 16.9 Å². The lowest BCUT2D eigenvalue weighted by Gasteiger charge is -2.27. The number of rotatable bonds is 9. The molecule has 0 saturated carbocycles. The topological polar surface area (TPSA) is 54.5 Å². The molecule has 0 aliphatic heterocycles. The average Bonchev–Trinajstić information content (AvgIpc) is 2.66. The standard InChI is InChI=1S/C20H25N3O2/c1-4-12-23(15-16-8-7-11-21-14-16)20(24)19(5-2)22-17-9-6-10-18(13-17)25-3/h4,6-11,13-14,19,22H,1,5,12,15H2,2-3H3/t19-/m0/s1. The summed E-state index contributed by atoms with van der Waals surface area (Å²) < 4.78 is 5.24. The van der Waals surface area contributed by atoms with Crippen molar-refractivity contribution in [1.29, 1.82) is 0 Å². The van der Waals surface area contributed by atoms with Crippen LogP contribution in [0, 0.1) is 0 Å². The van der Waals surface area contributed by atoms with Gasteiger partial charge in [-0.25, -0.2) is 0 Å². The lowest BCUT2D eigenvalue weighted by molar-refractivity contribution is -0.132. The van der Waals surface area contributed by atoms with Gasteiger partial charge in [-0.05, 0) is 30.2 Å². The average molecular weight is 339 g/mol. The summed E-state index contributed by atoms with van der Waals surface area (Å²) in [7, 11) is 1.63. The van der Waals surface area contributed by atoms with E-state index >= 15 is 0 Å². The molecule has 0 radical (unpaired) electrons. The Bertz CT molecular complexity index is 688. The van der Waals surface area contributed by atoms with Crippen LogP contribution in [-0.4, -0.2) is 35.5 Å². The minimum Gasteiger partial charge on any atom is -0.497 e. The van der Waals surface area contributed by atoms with Gasteiger partial charge in [0.2, 0.25) is 5.91 Å². The first-order valence-electron chi connectivity index (χ1n) is 8.37. The zero-order valence-corrected chi connectivity index (χ0v) is 14.8. The van der Waals surface area contributed by atoms with E-state index in [-0.39, 0.29) is 11.9 Å². The predicted molar refractivity (Wildman–Crippen MR) is 101 cm³/mol. The van der Waals surface area contributed by atoms with Gasteiger partial charge in [0.25, 0.3) is 0 Å². The number of pyridine rings is 1. The quantitative estimate of drug-likeness (QED) is 0.711. The number of nitrogens with one attached hydrogen (secondary N) is 1. The van der Waals surface area contributed by atoms with Crippen LogP contribution in [0.25, 0.3) is 0 Å². The van der Waals surface area contributed by atoms with Gasteiger partial charge in [0.1, 0.15) is 11.8 Å². The molecule has 25 heavy (non-hydrogen) atoms. The van der Waals surface area contributed by atoms with E-state index in [9.17, 15) is 4.79 Å². The summed E-state index contributed by atoms with van der Waals surface area (Å²) in [6.45, 7) is 6.76. The number of aromatic nitrogens is 1. The number of amides is 1. The Hall–Kier alpha value is -2.82. The maximum atomic E-state index is 13.0. The Kier molecular flexibility index (Phi) is 7.01. The Labute approximate surface area is 149 Å². The summed E-state index contributed by atoms with van der Waals surface area (Å²) in [4.78, 5) is 18.9. The van der Waals surface area contributed by atoms with Crippen molar-refractivity contribution in [3.05, 3.63) is 67.0 Å². The number of methoxy groups -OCH3 is 1. The molecule has 1 N–H and O–H groups in total. The van der Waals surface area contributed by atoms with Crippen molar-refractivity contribution >= 4 is 11.6 Å². The third-order valence-electron chi connectivity index (χ3n) is 3.87. The maximum Gasteiger partial charge on any atom is 0.245 e. The van der Waals surface area contributed by atoms with Crippen LogP contribution in [0.2, 0.25) is 0 Å². The second kappa shape index (κ2) is 9.47. The molecule has 1 aromatic heterocycles. The van der Waals surface area contributed by atoms with E-state index in [1.54, 1.807) is 30.5 Å². The fourth-order valence-electron chi connectivity index (χ4n) is 2.57. The van der Waals surface area contributed by atoms with Crippen molar-refractivity contribution in [1.82, 2.24) is 9.88 Å². The molecule has 5 nitrogen and oxygen atoms in total. The molecular weight excluding hydrogens is 314 g/mol. The van der Waals surface area contributed by atoms with Crippen molar-refractivity contribution in [2.45, 2.75) is 25.9 Å². The van der Waals surface area contributed by atoms with Crippen LogP contribution in [0.4, 0.5) is 5.69 Å². The lowest BCUT2D eigenvalue weighted by Crippen LogP contribution is -2.42. The highest BCUT2D eigenvalue weighted by Gasteiger charge is 2.22. The number of carbonyl (C=O) groups excluding carboxylic acids is 1. The van der Waals surface area contributed by atoms with Crippen LogP contribution < -0.4 is 10.1 Å². The molecule has 0 spiro atoms. The zero-order chi connectivity index (χ0) is 18.1. The van der Waals surface area contributed by atoms with Gasteiger partial charge in [-0.3, -0.25) is 9.78 Å². The number of hydrogen-bond acceptors (Lipinski definition) is 4. The van der Waals surface area contributed by atoms with Crippen molar-refractivity contribution in [2.75, 3.05) is 19.0 Å². The molecule has 2 rings (SSSR count). The molecule has 0 aliphatic carbocycles. The summed E-state index contributed by atoms with van der Waals surface area (Å²) in [6, 6.07) is 11.1. The smallest absolute Gasteiger partial charge is 0.245 e. The second-order valence-electron chi connectivity index (χ2n) is 5.71. The third kappa shape index (κ3) is 5.35. The van der Waals surface area contributed by atoms with Crippen LogP contribution in [-0.2, 0) is 11.3 Å². The van der Waals surface area contributed by atoms with Crippen LogP contribution in [0.3, 0.4) is 0 Å². The molecule has 0 bridgehead atoms. The number of hydrogen-bond donors (Lipinski definition) is 1. The van der Waals surface area contributed by atoms with Crippen LogP contribution >= 0.6 is 0 Å². The summed E-state index contributed by atoms with van der Waals surface area (Å²) in [5, 5.41) is 3.31. The Morgan fingerprint density at radius 1 is 1.40 bits per heavy atom. The van der Waals surface area contributed by atoms with Crippen molar-refractivity contribution in [3.8, 4) is 5.75 Å². The third-order valence-corrected chi connectivity index (χ3v) is 3.87. The molecule has 2 aromatic rings. The van der Waals surface area contributed by atoms with Crippen LogP contribution in [0.5, 0.6) is 5.75 Å². The zero-order valence-electron chi connectivity index (χ0n) is 14.8. The molecule has 5 heteroatoms. The Morgan fingerprint density at radius 3 is 2.88 bits per heavy atom. The Balaban J connectivity index is 2.12. The predicted octanol–water partition coefficient (Wildman–Crippen LogP) is 3.50. The van der Waals surface area contributed by atoms with Gasteiger partial charge >= 0.3 is 0 Å². The normalized spacial score (nSPS) is 11.4. The van der Waals surface area contributed by atoms with E-state index in [1.807, 2.05) is 43.3 Å². The molecule has 0 unspecified atom stereocenters. The second-order valence-corrected chi connectivity index (χ2v) is 5.71. The van der Waals surface area contributed by atoms with Gasteiger partial charge in [0, 0.05) is 37.2 Å². The molecular formula is C20H25N3O2. The summed E-state index contributed by atoms with van der Waals surface area (Å²) in [5.74, 6) is 0.791. The van der Waals surface area contributed by atoms with E-state index in [0.717, 1.165) is 17.0 Å². The van der Waals surface area contributed by atoms with Gasteiger partial charge in [-0.15, -0.1) is 6.58 Å². The molecule has 1 amide bonds. The first kappa shape index (κ1) is 18.5. The highest BCUT2D eigenvalue weighted by atomic mass is 16.5. The van der Waals surface area contributed by atoms with Gasteiger partial charge in [-0.2, -0.15) is 0 Å². The fraction of sp³-hybridized carbons (Fsp3) is 0.300. The first-order chi connectivity index (χ1) is 12.2. The minimum atomic E-state index is -0.316. The summed E-state index contributed by atoms with van der Waals surface area (Å²) >= 11 is 0. The van der Waals surface area contributed by atoms with E-state index < -0.39 is 0 Å². The van der Waals surface area contributed by atoms with Gasteiger partial charge in [0.05, 0.1) is 7.11 Å². The number of carbonyl (C=O) groups is 1. The largest absolute Gasteiger partial charge is 0.497 e. The minimum absolute atomic E-state index is 0.0362. The Morgan fingerprint density at radius 2 is 2.24 bits per heavy atom. The number of ether oxygens (including phenoxy) is 1. The molecule has 0 aliphatic rings. The highest BCUT2D eigenvalue weighted by Crippen LogP contribution is 2.19. The number of nitrogens with zero attached hydrogens (tertiary/aromatic N) is 2. The summed E-state index contributed by atoms with van der Waals surface area (Å²) in [5.41, 5.74) is 1.86. The van der Waals surface area contributed by atoms with Crippen molar-refractivity contribution in [2.24, 2.45) is 0 Å². The SMILES string of the molecule is C=CCN(Cc1cccnc1)C(=O)[C@H](CC)Nc1cccc(OC)c1. The first-order valence-corrected chi connectivity index (χ1v) is 8.37. The maximum absolute atomic E-state index is 13.0. The summed E-state index contributed by atoms with van der Waals surface area (Å²) in [6.07, 6.45) is 5.92. The number of anilines is 1. The van der Waals surface area contributed by atoms with Gasteiger partial charge < -0.3 is 15.0 Å². The fourth-order valence-corrected chi connectivity index (χ4v) is 2.57. The van der Waals surface area contributed by atoms with Crippen LogP contribution in [0.1, 0.15) is 18.9 Å². The lowest BCUT2D eigenvalue weighted by atomic mass is 10.1. The monoisotopic (exact) mass is 339 g/mol.